The fraction of sp³-hybridized carbons (Fsp3) is 0.500. The van der Waals surface area contributed by atoms with Crippen LogP contribution in [-0.2, 0) is 10.9 Å². The molecule has 2 heterocycles. The van der Waals surface area contributed by atoms with Crippen molar-refractivity contribution in [3.8, 4) is 0 Å². The number of aromatic nitrogens is 3. The lowest BCUT2D eigenvalue weighted by Crippen LogP contribution is -2.26. The fourth-order valence-electron chi connectivity index (χ4n) is 2.06. The predicted octanol–water partition coefficient (Wildman–Crippen LogP) is 2.98. The maximum absolute atomic E-state index is 13.1. The number of ether oxygens (including phenoxy) is 1. The highest BCUT2D eigenvalue weighted by Gasteiger charge is 2.36. The van der Waals surface area contributed by atoms with Crippen molar-refractivity contribution in [3.05, 3.63) is 27.6 Å². The van der Waals surface area contributed by atoms with Gasteiger partial charge in [-0.25, -0.2) is 9.50 Å². The number of nitrogens with zero attached hydrogens (tertiary/aromatic N) is 3. The Kier molecular flexibility index (Phi) is 5.81. The van der Waals surface area contributed by atoms with E-state index < -0.39 is 17.8 Å². The Bertz CT molecular complexity index is 746. The van der Waals surface area contributed by atoms with E-state index in [4.69, 9.17) is 4.74 Å². The van der Waals surface area contributed by atoms with Gasteiger partial charge < -0.3 is 10.1 Å². The second-order valence-electron chi connectivity index (χ2n) is 4.98. The van der Waals surface area contributed by atoms with E-state index in [0.29, 0.717) is 30.7 Å². The summed E-state index contributed by atoms with van der Waals surface area (Å²) in [7, 11) is 0. The molecule has 0 bridgehead atoms. The predicted molar refractivity (Wildman–Crippen MR) is 83.9 cm³/mol. The van der Waals surface area contributed by atoms with Gasteiger partial charge in [-0.1, -0.05) is 0 Å². The first kappa shape index (κ1) is 18.7. The van der Waals surface area contributed by atoms with Crippen molar-refractivity contribution >= 4 is 27.5 Å². The van der Waals surface area contributed by atoms with Crippen molar-refractivity contribution < 1.29 is 22.7 Å². The normalized spacial score (nSPS) is 11.9. The van der Waals surface area contributed by atoms with Gasteiger partial charge in [0.05, 0.1) is 4.47 Å². The van der Waals surface area contributed by atoms with Crippen molar-refractivity contribution in [1.82, 2.24) is 19.9 Å². The number of alkyl halides is 3. The van der Waals surface area contributed by atoms with Crippen LogP contribution >= 0.6 is 15.9 Å². The van der Waals surface area contributed by atoms with Crippen LogP contribution in [0.15, 0.2) is 10.5 Å². The minimum Gasteiger partial charge on any atom is -0.382 e. The summed E-state index contributed by atoms with van der Waals surface area (Å²) in [5.41, 5.74) is -1.00. The van der Waals surface area contributed by atoms with Gasteiger partial charge in [-0.15, -0.1) is 0 Å². The average Bonchev–Trinajstić information content (AvgIpc) is 2.82. The number of hydrogen-bond donors (Lipinski definition) is 1. The van der Waals surface area contributed by atoms with Crippen LogP contribution in [0.4, 0.5) is 13.2 Å². The first-order valence-electron chi connectivity index (χ1n) is 7.24. The molecule has 0 aliphatic rings. The number of carbonyl (C=O) groups is 1. The molecule has 2 rings (SSSR count). The minimum atomic E-state index is -4.61. The van der Waals surface area contributed by atoms with Gasteiger partial charge in [0.25, 0.3) is 5.91 Å². The highest BCUT2D eigenvalue weighted by atomic mass is 79.9. The fourth-order valence-corrected chi connectivity index (χ4v) is 2.58. The van der Waals surface area contributed by atoms with E-state index in [2.05, 4.69) is 31.3 Å². The Morgan fingerprint density at radius 1 is 1.46 bits per heavy atom. The first-order chi connectivity index (χ1) is 11.3. The summed E-state index contributed by atoms with van der Waals surface area (Å²) in [6.07, 6.45) is -4.02. The summed E-state index contributed by atoms with van der Waals surface area (Å²) in [6.45, 7) is 4.71. The van der Waals surface area contributed by atoms with E-state index in [1.807, 2.05) is 6.92 Å². The first-order valence-corrected chi connectivity index (χ1v) is 8.04. The second-order valence-corrected chi connectivity index (χ2v) is 5.78. The zero-order chi connectivity index (χ0) is 17.9. The quantitative estimate of drug-likeness (QED) is 0.746. The molecular weight excluding hydrogens is 393 g/mol. The van der Waals surface area contributed by atoms with E-state index in [-0.39, 0.29) is 21.5 Å². The van der Waals surface area contributed by atoms with Gasteiger partial charge >= 0.3 is 6.18 Å². The van der Waals surface area contributed by atoms with Crippen LogP contribution in [-0.4, -0.2) is 40.3 Å². The number of nitrogens with one attached hydrogen (secondary N) is 1. The summed E-state index contributed by atoms with van der Waals surface area (Å²) in [4.78, 5) is 16.2. The number of hydrogen-bond acceptors (Lipinski definition) is 4. The van der Waals surface area contributed by atoms with E-state index in [1.54, 1.807) is 0 Å². The van der Waals surface area contributed by atoms with Crippen molar-refractivity contribution in [2.75, 3.05) is 19.8 Å². The molecule has 6 nitrogen and oxygen atoms in total. The lowest BCUT2D eigenvalue weighted by atomic mass is 10.3. The van der Waals surface area contributed by atoms with Gasteiger partial charge in [-0.2, -0.15) is 18.3 Å². The molecule has 2 aromatic heterocycles. The lowest BCUT2D eigenvalue weighted by molar-refractivity contribution is -0.142. The van der Waals surface area contributed by atoms with Gasteiger partial charge in [-0.3, -0.25) is 4.79 Å². The number of rotatable bonds is 6. The molecule has 0 aromatic carbocycles. The van der Waals surface area contributed by atoms with E-state index in [0.717, 1.165) is 6.07 Å². The maximum atomic E-state index is 13.1. The van der Waals surface area contributed by atoms with Crippen molar-refractivity contribution in [2.24, 2.45) is 0 Å². The van der Waals surface area contributed by atoms with E-state index in [1.165, 1.54) is 6.92 Å². The Balaban J connectivity index is 2.29. The van der Waals surface area contributed by atoms with Crippen LogP contribution in [0.5, 0.6) is 0 Å². The molecule has 0 aliphatic carbocycles. The molecular formula is C14H16BrF3N4O2. The average molecular weight is 409 g/mol. The molecule has 0 radical (unpaired) electrons. The third-order valence-electron chi connectivity index (χ3n) is 3.12. The molecule has 10 heteroatoms. The number of carbonyl (C=O) groups excluding carboxylic acids is 1. The molecule has 0 saturated carbocycles. The number of amides is 1. The number of aryl methyl sites for hydroxylation is 1. The largest absolute Gasteiger partial charge is 0.433 e. The van der Waals surface area contributed by atoms with Gasteiger partial charge in [0, 0.05) is 25.5 Å². The standard InChI is InChI=1S/C14H16BrF3N4O2/c1-3-24-6-4-5-19-13(23)11-10(15)12-20-8(2)7-9(14(16,17)18)22(12)21-11/h7H,3-6H2,1-2H3,(H,19,23). The monoisotopic (exact) mass is 408 g/mol. The third kappa shape index (κ3) is 4.04. The molecule has 1 N–H and O–H groups in total. The summed E-state index contributed by atoms with van der Waals surface area (Å²) >= 11 is 3.12. The number of halogens is 4. The number of fused-ring (bicyclic) bond motifs is 1. The minimum absolute atomic E-state index is 0.0539. The molecule has 0 saturated heterocycles. The van der Waals surface area contributed by atoms with Gasteiger partial charge in [0.1, 0.15) is 5.69 Å². The summed E-state index contributed by atoms with van der Waals surface area (Å²) in [6, 6.07) is 0.885. The highest BCUT2D eigenvalue weighted by Crippen LogP contribution is 2.32. The Morgan fingerprint density at radius 3 is 2.79 bits per heavy atom. The molecule has 24 heavy (non-hydrogen) atoms. The Morgan fingerprint density at radius 2 is 2.17 bits per heavy atom. The van der Waals surface area contributed by atoms with E-state index >= 15 is 0 Å². The summed E-state index contributed by atoms with van der Waals surface area (Å²) in [5, 5.41) is 6.38. The van der Waals surface area contributed by atoms with Crippen LogP contribution in [0, 0.1) is 6.92 Å². The molecule has 2 aromatic rings. The maximum Gasteiger partial charge on any atom is 0.433 e. The van der Waals surface area contributed by atoms with Crippen LogP contribution in [0.25, 0.3) is 5.65 Å². The van der Waals surface area contributed by atoms with Crippen molar-refractivity contribution in [2.45, 2.75) is 26.4 Å². The van der Waals surface area contributed by atoms with Crippen molar-refractivity contribution in [3.63, 3.8) is 0 Å². The van der Waals surface area contributed by atoms with Crippen LogP contribution in [0.2, 0.25) is 0 Å². The Labute approximate surface area is 144 Å². The molecule has 0 atom stereocenters. The lowest BCUT2D eigenvalue weighted by Gasteiger charge is -2.09. The molecule has 0 unspecified atom stereocenters. The molecule has 132 valence electrons. The van der Waals surface area contributed by atoms with Gasteiger partial charge in [0.2, 0.25) is 0 Å². The smallest absolute Gasteiger partial charge is 0.382 e. The van der Waals surface area contributed by atoms with Crippen LogP contribution in [0.1, 0.15) is 35.2 Å². The molecule has 0 fully saturated rings. The zero-order valence-corrected chi connectivity index (χ0v) is 14.7. The highest BCUT2D eigenvalue weighted by molar-refractivity contribution is 9.10. The van der Waals surface area contributed by atoms with Crippen LogP contribution in [0.3, 0.4) is 0 Å². The third-order valence-corrected chi connectivity index (χ3v) is 3.85. The second kappa shape index (κ2) is 7.47. The van der Waals surface area contributed by atoms with Gasteiger partial charge in [0.15, 0.2) is 11.3 Å². The van der Waals surface area contributed by atoms with Crippen LogP contribution < -0.4 is 5.32 Å². The van der Waals surface area contributed by atoms with E-state index in [9.17, 15) is 18.0 Å². The molecule has 1 amide bonds. The topological polar surface area (TPSA) is 68.5 Å². The SMILES string of the molecule is CCOCCCNC(=O)c1nn2c(C(F)(F)F)cc(C)nc2c1Br. The Hall–Kier alpha value is -1.68. The van der Waals surface area contributed by atoms with Crippen molar-refractivity contribution in [1.29, 1.82) is 0 Å². The van der Waals surface area contributed by atoms with Gasteiger partial charge in [-0.05, 0) is 42.3 Å². The zero-order valence-electron chi connectivity index (χ0n) is 13.1. The summed E-state index contributed by atoms with van der Waals surface area (Å²) < 4.78 is 45.3. The summed E-state index contributed by atoms with van der Waals surface area (Å²) in [5.74, 6) is -0.574. The molecule has 0 aliphatic heterocycles. The molecule has 0 spiro atoms.